The molecule has 0 aliphatic carbocycles. The number of carbonyl (C=O) groups excluding carboxylic acids is 3. The van der Waals surface area contributed by atoms with Gasteiger partial charge in [-0.1, -0.05) is 18.5 Å². The Morgan fingerprint density at radius 2 is 2.12 bits per heavy atom. The molecule has 2 unspecified atom stereocenters. The van der Waals surface area contributed by atoms with Gasteiger partial charge < -0.3 is 9.80 Å². The van der Waals surface area contributed by atoms with Crippen LogP contribution in [0, 0.1) is 18.3 Å². The van der Waals surface area contributed by atoms with Crippen molar-refractivity contribution in [1.82, 2.24) is 9.80 Å². The molecule has 4 rings (SSSR count). The molecule has 0 spiro atoms. The number of halogens is 1. The van der Waals surface area contributed by atoms with E-state index in [0.717, 1.165) is 4.90 Å². The number of nitriles is 1. The Bertz CT molecular complexity index is 893. The van der Waals surface area contributed by atoms with Gasteiger partial charge in [-0.05, 0) is 31.0 Å². The molecule has 134 valence electrons. The van der Waals surface area contributed by atoms with Gasteiger partial charge >= 0.3 is 6.03 Å². The number of piperazine rings is 1. The number of nitrogens with zero attached hydrogens (tertiary/aromatic N) is 4. The number of hydrogen-bond acceptors (Lipinski definition) is 4. The van der Waals surface area contributed by atoms with Crippen LogP contribution >= 0.6 is 11.6 Å². The van der Waals surface area contributed by atoms with Gasteiger partial charge in [-0.3, -0.25) is 9.59 Å². The van der Waals surface area contributed by atoms with Crippen molar-refractivity contribution < 1.29 is 14.4 Å². The highest BCUT2D eigenvalue weighted by Crippen LogP contribution is 2.43. The van der Waals surface area contributed by atoms with Crippen LogP contribution in [0.1, 0.15) is 30.9 Å². The molecule has 2 bridgehead atoms. The minimum Gasteiger partial charge on any atom is -0.335 e. The fourth-order valence-corrected chi connectivity index (χ4v) is 4.57. The van der Waals surface area contributed by atoms with Crippen LogP contribution in [0.15, 0.2) is 12.1 Å². The van der Waals surface area contributed by atoms with Gasteiger partial charge in [0.15, 0.2) is 0 Å². The minimum atomic E-state index is -0.634. The first-order chi connectivity index (χ1) is 12.4. The van der Waals surface area contributed by atoms with Gasteiger partial charge in [0, 0.05) is 13.0 Å². The van der Waals surface area contributed by atoms with Crippen LogP contribution in [0.5, 0.6) is 0 Å². The lowest BCUT2D eigenvalue weighted by Crippen LogP contribution is -2.54. The van der Waals surface area contributed by atoms with Crippen LogP contribution in [0.4, 0.5) is 10.5 Å². The van der Waals surface area contributed by atoms with E-state index < -0.39 is 6.04 Å². The topological polar surface area (TPSA) is 84.7 Å². The van der Waals surface area contributed by atoms with E-state index in [1.165, 1.54) is 6.07 Å². The monoisotopic (exact) mass is 372 g/mol. The molecule has 1 aromatic carbocycles. The second-order valence-corrected chi connectivity index (χ2v) is 7.23. The Morgan fingerprint density at radius 1 is 1.38 bits per heavy atom. The molecule has 0 N–H and O–H groups in total. The first-order valence-electron chi connectivity index (χ1n) is 8.55. The van der Waals surface area contributed by atoms with Crippen LogP contribution in [0.25, 0.3) is 0 Å². The summed E-state index contributed by atoms with van der Waals surface area (Å²) in [5, 5.41) is 9.33. The van der Waals surface area contributed by atoms with E-state index in [1.807, 2.05) is 6.07 Å². The normalized spacial score (nSPS) is 26.5. The standard InChI is InChI=1S/C18H17ClN4O3/c1-3-14(24)21-8-11-6-13(21)16-17(25)23(18(26)22(11)16)12-5-4-10(7-20)15(19)9(12)2/h4-5,11,13,16H,3,6,8H2,1-2H3/t11?,13?,16-/m1/s1. The third kappa shape index (κ3) is 2.02. The summed E-state index contributed by atoms with van der Waals surface area (Å²) in [7, 11) is 0. The number of rotatable bonds is 2. The molecule has 3 fully saturated rings. The summed E-state index contributed by atoms with van der Waals surface area (Å²) < 4.78 is 0. The van der Waals surface area contributed by atoms with E-state index in [2.05, 4.69) is 0 Å². The number of imide groups is 1. The van der Waals surface area contributed by atoms with Crippen LogP contribution in [0.2, 0.25) is 5.02 Å². The summed E-state index contributed by atoms with van der Waals surface area (Å²) in [6.45, 7) is 3.96. The third-order valence-corrected chi connectivity index (χ3v) is 6.09. The van der Waals surface area contributed by atoms with E-state index in [1.54, 1.807) is 29.7 Å². The molecular formula is C18H17ClN4O3. The van der Waals surface area contributed by atoms with E-state index in [4.69, 9.17) is 16.9 Å². The third-order valence-electron chi connectivity index (χ3n) is 5.61. The van der Waals surface area contributed by atoms with Gasteiger partial charge in [-0.2, -0.15) is 5.26 Å². The molecule has 4 amide bonds. The number of carbonyl (C=O) groups is 3. The summed E-state index contributed by atoms with van der Waals surface area (Å²) >= 11 is 6.21. The number of urea groups is 1. The highest BCUT2D eigenvalue weighted by atomic mass is 35.5. The largest absolute Gasteiger partial charge is 0.335 e. The van der Waals surface area contributed by atoms with Crippen LogP contribution < -0.4 is 4.90 Å². The van der Waals surface area contributed by atoms with E-state index in [9.17, 15) is 14.4 Å². The molecule has 3 heterocycles. The molecule has 3 saturated heterocycles. The van der Waals surface area contributed by atoms with Crippen LogP contribution in [0.3, 0.4) is 0 Å². The Labute approximate surface area is 155 Å². The Balaban J connectivity index is 1.72. The van der Waals surface area contributed by atoms with Gasteiger partial charge in [-0.15, -0.1) is 0 Å². The van der Waals surface area contributed by atoms with Crippen LogP contribution in [-0.4, -0.2) is 52.3 Å². The Kier molecular flexibility index (Phi) is 3.70. The smallest absolute Gasteiger partial charge is 0.332 e. The van der Waals surface area contributed by atoms with Crippen molar-refractivity contribution in [2.75, 3.05) is 11.4 Å². The lowest BCUT2D eigenvalue weighted by Gasteiger charge is -2.34. The van der Waals surface area contributed by atoms with Crippen molar-refractivity contribution in [3.8, 4) is 6.07 Å². The second kappa shape index (κ2) is 5.71. The molecule has 0 aromatic heterocycles. The maximum absolute atomic E-state index is 13.1. The maximum Gasteiger partial charge on any atom is 0.332 e. The SMILES string of the molecule is CCC(=O)N1CC2CC1[C@@H]1C(=O)N(c3ccc(C#N)c(Cl)c3C)C(=O)N21. The highest BCUT2D eigenvalue weighted by Gasteiger charge is 2.62. The zero-order valence-electron chi connectivity index (χ0n) is 14.4. The lowest BCUT2D eigenvalue weighted by atomic mass is 10.1. The Hall–Kier alpha value is -2.59. The van der Waals surface area contributed by atoms with Gasteiger partial charge in [-0.25, -0.2) is 9.69 Å². The maximum atomic E-state index is 13.1. The van der Waals surface area contributed by atoms with Gasteiger partial charge in [0.05, 0.1) is 28.4 Å². The number of hydrogen-bond donors (Lipinski definition) is 0. The average Bonchev–Trinajstić information content (AvgIpc) is 3.29. The van der Waals surface area contributed by atoms with E-state index in [0.29, 0.717) is 36.2 Å². The van der Waals surface area contributed by atoms with Gasteiger partial charge in [0.2, 0.25) is 5.91 Å². The first kappa shape index (κ1) is 16.9. The van der Waals surface area contributed by atoms with Crippen molar-refractivity contribution >= 4 is 35.1 Å². The van der Waals surface area contributed by atoms with Gasteiger partial charge in [0.1, 0.15) is 12.1 Å². The fourth-order valence-electron chi connectivity index (χ4n) is 4.37. The average molecular weight is 373 g/mol. The van der Waals surface area contributed by atoms with Crippen molar-refractivity contribution in [1.29, 1.82) is 5.26 Å². The fraction of sp³-hybridized carbons (Fsp3) is 0.444. The number of likely N-dealkylation sites (tertiary alicyclic amines) is 1. The summed E-state index contributed by atoms with van der Waals surface area (Å²) in [4.78, 5) is 42.7. The van der Waals surface area contributed by atoms with Crippen molar-refractivity contribution in [2.45, 2.75) is 44.8 Å². The molecule has 3 aliphatic rings. The first-order valence-corrected chi connectivity index (χ1v) is 8.93. The van der Waals surface area contributed by atoms with Crippen molar-refractivity contribution in [3.63, 3.8) is 0 Å². The van der Waals surface area contributed by atoms with Crippen LogP contribution in [-0.2, 0) is 9.59 Å². The van der Waals surface area contributed by atoms with Crippen molar-refractivity contribution in [3.05, 3.63) is 28.3 Å². The number of amides is 4. The molecule has 0 radical (unpaired) electrons. The van der Waals surface area contributed by atoms with Gasteiger partial charge in [0.25, 0.3) is 5.91 Å². The predicted molar refractivity (Wildman–Crippen MR) is 93.6 cm³/mol. The Morgan fingerprint density at radius 3 is 2.77 bits per heavy atom. The second-order valence-electron chi connectivity index (χ2n) is 6.85. The lowest BCUT2D eigenvalue weighted by molar-refractivity contribution is -0.135. The summed E-state index contributed by atoms with van der Waals surface area (Å²) in [6, 6.07) is 3.68. The van der Waals surface area contributed by atoms with Crippen molar-refractivity contribution in [2.24, 2.45) is 0 Å². The predicted octanol–water partition coefficient (Wildman–Crippen LogP) is 2.05. The summed E-state index contributed by atoms with van der Waals surface area (Å²) in [6.07, 6.45) is 1.03. The summed E-state index contributed by atoms with van der Waals surface area (Å²) in [5.74, 6) is -0.326. The number of benzene rings is 1. The molecular weight excluding hydrogens is 356 g/mol. The zero-order valence-corrected chi connectivity index (χ0v) is 15.2. The highest BCUT2D eigenvalue weighted by molar-refractivity contribution is 6.33. The summed E-state index contributed by atoms with van der Waals surface area (Å²) in [5.41, 5.74) is 1.21. The molecule has 3 aliphatic heterocycles. The molecule has 8 heteroatoms. The number of fused-ring (bicyclic) bond motifs is 5. The minimum absolute atomic E-state index is 0.00782. The number of anilines is 1. The molecule has 0 saturated carbocycles. The van der Waals surface area contributed by atoms with E-state index in [-0.39, 0.29) is 35.0 Å². The zero-order chi connectivity index (χ0) is 18.7. The molecule has 1 aromatic rings. The molecule has 7 nitrogen and oxygen atoms in total. The quantitative estimate of drug-likeness (QED) is 0.744. The molecule has 26 heavy (non-hydrogen) atoms. The van der Waals surface area contributed by atoms with E-state index >= 15 is 0 Å². The molecule has 3 atom stereocenters.